The van der Waals surface area contributed by atoms with E-state index in [0.717, 1.165) is 16.4 Å². The molecular formula is C12H12FN5O2S. The summed E-state index contributed by atoms with van der Waals surface area (Å²) in [4.78, 5) is 23.3. The van der Waals surface area contributed by atoms with E-state index in [0.29, 0.717) is 5.69 Å². The smallest absolute Gasteiger partial charge is 0.294 e. The zero-order valence-electron chi connectivity index (χ0n) is 11.0. The van der Waals surface area contributed by atoms with Crippen LogP contribution in [0.25, 0.3) is 0 Å². The van der Waals surface area contributed by atoms with Crippen molar-refractivity contribution in [3.8, 4) is 0 Å². The molecular weight excluding hydrogens is 297 g/mol. The molecule has 2 rings (SSSR count). The highest BCUT2D eigenvalue weighted by Gasteiger charge is 2.10. The second-order valence-corrected chi connectivity index (χ2v) is 5.03. The molecule has 9 heteroatoms. The van der Waals surface area contributed by atoms with Crippen LogP contribution in [-0.2, 0) is 4.79 Å². The highest BCUT2D eigenvalue weighted by molar-refractivity contribution is 7.99. The van der Waals surface area contributed by atoms with E-state index in [1.54, 1.807) is 6.07 Å². The van der Waals surface area contributed by atoms with Crippen molar-refractivity contribution in [3.05, 3.63) is 46.1 Å². The molecule has 0 saturated carbocycles. The van der Waals surface area contributed by atoms with Crippen LogP contribution in [0.1, 0.15) is 5.69 Å². The number of anilines is 1. The topological polar surface area (TPSA) is 103 Å². The van der Waals surface area contributed by atoms with E-state index < -0.39 is 11.4 Å². The molecule has 21 heavy (non-hydrogen) atoms. The summed E-state index contributed by atoms with van der Waals surface area (Å²) in [5, 5.41) is 10.0. The molecule has 3 N–H and O–H groups in total. The number of nitrogen functional groups attached to an aromatic ring is 1. The van der Waals surface area contributed by atoms with Gasteiger partial charge in [-0.1, -0.05) is 17.8 Å². The highest BCUT2D eigenvalue weighted by Crippen LogP contribution is 2.13. The Balaban J connectivity index is 1.99. The summed E-state index contributed by atoms with van der Waals surface area (Å²) < 4.78 is 13.8. The Bertz CT molecular complexity index is 734. The number of halogens is 1. The van der Waals surface area contributed by atoms with Crippen LogP contribution in [0.3, 0.4) is 0 Å². The molecule has 0 aliphatic carbocycles. The Morgan fingerprint density at radius 1 is 1.48 bits per heavy atom. The lowest BCUT2D eigenvalue weighted by Crippen LogP contribution is -2.32. The van der Waals surface area contributed by atoms with E-state index >= 15 is 0 Å². The van der Waals surface area contributed by atoms with Crippen molar-refractivity contribution < 1.29 is 9.18 Å². The molecule has 0 bridgehead atoms. The average Bonchev–Trinajstić information content (AvgIpc) is 2.44. The lowest BCUT2D eigenvalue weighted by molar-refractivity contribution is -0.113. The van der Waals surface area contributed by atoms with Crippen molar-refractivity contribution in [2.75, 3.05) is 16.9 Å². The van der Waals surface area contributed by atoms with Gasteiger partial charge in [-0.3, -0.25) is 9.59 Å². The molecule has 1 amide bonds. The van der Waals surface area contributed by atoms with Gasteiger partial charge in [0.15, 0.2) is 0 Å². The number of hydrogen-bond donors (Lipinski definition) is 2. The van der Waals surface area contributed by atoms with Gasteiger partial charge in [0, 0.05) is 5.69 Å². The highest BCUT2D eigenvalue weighted by atomic mass is 32.2. The van der Waals surface area contributed by atoms with Gasteiger partial charge in [-0.05, 0) is 25.1 Å². The molecule has 0 aliphatic heterocycles. The number of amides is 1. The maximum absolute atomic E-state index is 13.0. The predicted molar refractivity (Wildman–Crippen MR) is 76.9 cm³/mol. The lowest BCUT2D eigenvalue weighted by atomic mass is 10.3. The Morgan fingerprint density at radius 2 is 2.24 bits per heavy atom. The molecule has 0 spiro atoms. The molecule has 0 fully saturated rings. The summed E-state index contributed by atoms with van der Waals surface area (Å²) in [6, 6.07) is 5.53. The lowest BCUT2D eigenvalue weighted by Gasteiger charge is -2.07. The molecule has 0 radical (unpaired) electrons. The van der Waals surface area contributed by atoms with E-state index in [1.807, 2.05) is 0 Å². The standard InChI is InChI=1S/C12H12FN5O2S/c1-7-11(20)18(14)12(17-16-7)21-6-10(19)15-9-4-2-3-8(13)5-9/h2-5H,6,14H2,1H3,(H,15,19). The van der Waals surface area contributed by atoms with Crippen LogP contribution in [0, 0.1) is 12.7 Å². The van der Waals surface area contributed by atoms with Crippen LogP contribution in [0.2, 0.25) is 0 Å². The van der Waals surface area contributed by atoms with Gasteiger partial charge < -0.3 is 11.2 Å². The molecule has 0 unspecified atom stereocenters. The molecule has 110 valence electrons. The van der Waals surface area contributed by atoms with Crippen LogP contribution in [-0.4, -0.2) is 26.5 Å². The summed E-state index contributed by atoms with van der Waals surface area (Å²) in [7, 11) is 0. The third-order valence-electron chi connectivity index (χ3n) is 2.46. The Labute approximate surface area is 123 Å². The van der Waals surface area contributed by atoms with Crippen LogP contribution in [0.15, 0.2) is 34.2 Å². The first kappa shape index (κ1) is 15.0. The number of benzene rings is 1. The molecule has 0 saturated heterocycles. The number of nitrogens with two attached hydrogens (primary N) is 1. The fourth-order valence-corrected chi connectivity index (χ4v) is 2.11. The normalized spacial score (nSPS) is 10.4. The monoisotopic (exact) mass is 309 g/mol. The molecule has 1 aromatic heterocycles. The van der Waals surface area contributed by atoms with E-state index in [9.17, 15) is 14.0 Å². The van der Waals surface area contributed by atoms with Crippen molar-refractivity contribution in [2.24, 2.45) is 0 Å². The third kappa shape index (κ3) is 3.78. The minimum Gasteiger partial charge on any atom is -0.334 e. The van der Waals surface area contributed by atoms with Crippen LogP contribution in [0.4, 0.5) is 10.1 Å². The second-order valence-electron chi connectivity index (χ2n) is 4.09. The van der Waals surface area contributed by atoms with Crippen molar-refractivity contribution in [3.63, 3.8) is 0 Å². The summed E-state index contributed by atoms with van der Waals surface area (Å²) >= 11 is 0.960. The Kier molecular flexibility index (Phi) is 4.53. The molecule has 2 aromatic rings. The molecule has 1 heterocycles. The third-order valence-corrected chi connectivity index (χ3v) is 3.40. The number of nitrogens with one attached hydrogen (secondary N) is 1. The minimum absolute atomic E-state index is 0.0368. The minimum atomic E-state index is -0.474. The van der Waals surface area contributed by atoms with Gasteiger partial charge >= 0.3 is 0 Å². The number of nitrogens with zero attached hydrogens (tertiary/aromatic N) is 3. The van der Waals surface area contributed by atoms with Gasteiger partial charge in [0.05, 0.1) is 5.75 Å². The van der Waals surface area contributed by atoms with Gasteiger partial charge in [0.1, 0.15) is 11.5 Å². The van der Waals surface area contributed by atoms with Crippen LogP contribution in [0.5, 0.6) is 0 Å². The fourth-order valence-electron chi connectivity index (χ4n) is 1.46. The number of thioether (sulfide) groups is 1. The van der Waals surface area contributed by atoms with Crippen LogP contribution < -0.4 is 16.7 Å². The first-order chi connectivity index (χ1) is 9.97. The zero-order chi connectivity index (χ0) is 15.4. The van der Waals surface area contributed by atoms with Crippen molar-refractivity contribution in [2.45, 2.75) is 12.1 Å². The predicted octanol–water partition coefficient (Wildman–Crippen LogP) is 0.530. The van der Waals surface area contributed by atoms with Crippen molar-refractivity contribution in [1.82, 2.24) is 14.9 Å². The van der Waals surface area contributed by atoms with Gasteiger partial charge in [-0.25, -0.2) is 4.39 Å². The maximum atomic E-state index is 13.0. The largest absolute Gasteiger partial charge is 0.334 e. The number of aryl methyl sites for hydroxylation is 1. The average molecular weight is 309 g/mol. The molecule has 7 nitrogen and oxygen atoms in total. The molecule has 0 atom stereocenters. The first-order valence-electron chi connectivity index (χ1n) is 5.87. The number of aromatic nitrogens is 3. The van der Waals surface area contributed by atoms with Crippen molar-refractivity contribution >= 4 is 23.4 Å². The van der Waals surface area contributed by atoms with Gasteiger partial charge in [-0.2, -0.15) is 4.68 Å². The Hall–Kier alpha value is -2.42. The maximum Gasteiger partial charge on any atom is 0.294 e. The number of hydrogen-bond acceptors (Lipinski definition) is 6. The summed E-state index contributed by atoms with van der Waals surface area (Å²) in [5.74, 6) is 4.69. The number of carbonyl (C=O) groups excluding carboxylic acids is 1. The second kappa shape index (κ2) is 6.35. The van der Waals surface area contributed by atoms with Gasteiger partial charge in [0.2, 0.25) is 11.1 Å². The zero-order valence-corrected chi connectivity index (χ0v) is 11.9. The van der Waals surface area contributed by atoms with Gasteiger partial charge in [-0.15, -0.1) is 10.2 Å². The van der Waals surface area contributed by atoms with Gasteiger partial charge in [0.25, 0.3) is 5.56 Å². The Morgan fingerprint density at radius 3 is 2.95 bits per heavy atom. The summed E-state index contributed by atoms with van der Waals surface area (Å²) in [6.07, 6.45) is 0. The molecule has 1 aromatic carbocycles. The molecule has 0 aliphatic rings. The summed E-state index contributed by atoms with van der Waals surface area (Å²) in [6.45, 7) is 1.49. The first-order valence-corrected chi connectivity index (χ1v) is 6.85. The number of rotatable bonds is 4. The van der Waals surface area contributed by atoms with E-state index in [2.05, 4.69) is 15.5 Å². The van der Waals surface area contributed by atoms with Crippen molar-refractivity contribution in [1.29, 1.82) is 0 Å². The quantitative estimate of drug-likeness (QED) is 0.631. The van der Waals surface area contributed by atoms with E-state index in [4.69, 9.17) is 5.84 Å². The SMILES string of the molecule is Cc1nnc(SCC(=O)Nc2cccc(F)c2)n(N)c1=O. The summed E-state index contributed by atoms with van der Waals surface area (Å²) in [5.41, 5.74) is 0.0461. The fraction of sp³-hybridized carbons (Fsp3) is 0.167. The van der Waals surface area contributed by atoms with Crippen LogP contribution >= 0.6 is 11.8 Å². The van der Waals surface area contributed by atoms with E-state index in [-0.39, 0.29) is 22.5 Å². The number of carbonyl (C=O) groups is 1. The van der Waals surface area contributed by atoms with E-state index in [1.165, 1.54) is 25.1 Å².